The Bertz CT molecular complexity index is 1020. The average molecular weight is 490 g/mol. The standard InChI is InChI=1S/C21H16BrNO4S2/c1-3-9-23-19(24)17(29-21(23)28)12-13-10-15(22)18(16(11-13)26-2)27-20(25)14-7-5-4-6-8-14/h3-8,10-12H,1,9H2,2H3/b17-12-. The molecule has 2 aromatic carbocycles. The monoisotopic (exact) mass is 489 g/mol. The quantitative estimate of drug-likeness (QED) is 0.186. The number of ether oxygens (including phenoxy) is 2. The molecular weight excluding hydrogens is 474 g/mol. The minimum Gasteiger partial charge on any atom is -0.493 e. The first kappa shape index (κ1) is 21.3. The molecule has 1 heterocycles. The zero-order chi connectivity index (χ0) is 21.0. The van der Waals surface area contributed by atoms with Gasteiger partial charge < -0.3 is 9.47 Å². The molecule has 3 rings (SSSR count). The number of methoxy groups -OCH3 is 1. The molecule has 0 unspecified atom stereocenters. The Morgan fingerprint density at radius 2 is 2.03 bits per heavy atom. The van der Waals surface area contributed by atoms with Gasteiger partial charge >= 0.3 is 5.97 Å². The molecule has 1 saturated heterocycles. The number of hydrogen-bond donors (Lipinski definition) is 0. The summed E-state index contributed by atoms with van der Waals surface area (Å²) in [4.78, 5) is 26.9. The summed E-state index contributed by atoms with van der Waals surface area (Å²) in [6.45, 7) is 4.01. The Morgan fingerprint density at radius 3 is 2.69 bits per heavy atom. The van der Waals surface area contributed by atoms with Crippen LogP contribution < -0.4 is 9.47 Å². The van der Waals surface area contributed by atoms with Crippen molar-refractivity contribution in [3.8, 4) is 11.5 Å². The highest BCUT2D eigenvalue weighted by Gasteiger charge is 2.31. The number of hydrogen-bond acceptors (Lipinski definition) is 6. The third-order valence-corrected chi connectivity index (χ3v) is 5.91. The van der Waals surface area contributed by atoms with Crippen LogP contribution in [0.1, 0.15) is 15.9 Å². The molecule has 2 aromatic rings. The van der Waals surface area contributed by atoms with Gasteiger partial charge in [0, 0.05) is 6.54 Å². The lowest BCUT2D eigenvalue weighted by Gasteiger charge is -2.12. The fourth-order valence-corrected chi connectivity index (χ4v) is 4.40. The third kappa shape index (κ3) is 4.77. The van der Waals surface area contributed by atoms with Gasteiger partial charge in [0.15, 0.2) is 11.5 Å². The molecule has 0 atom stereocenters. The first-order chi connectivity index (χ1) is 13.9. The highest BCUT2D eigenvalue weighted by atomic mass is 79.9. The van der Waals surface area contributed by atoms with E-state index in [4.69, 9.17) is 21.7 Å². The fraction of sp³-hybridized carbons (Fsp3) is 0.0952. The molecule has 0 aliphatic carbocycles. The molecule has 0 radical (unpaired) electrons. The van der Waals surface area contributed by atoms with Crippen molar-refractivity contribution in [2.75, 3.05) is 13.7 Å². The maximum atomic E-state index is 12.5. The second kappa shape index (κ2) is 9.39. The number of benzene rings is 2. The SMILES string of the molecule is C=CCN1C(=O)/C(=C/c2cc(Br)c(OC(=O)c3ccccc3)c(OC)c2)SC1=S. The molecule has 0 saturated carbocycles. The molecule has 1 fully saturated rings. The van der Waals surface area contributed by atoms with Crippen LogP contribution in [0.4, 0.5) is 0 Å². The van der Waals surface area contributed by atoms with E-state index in [0.29, 0.717) is 37.1 Å². The smallest absolute Gasteiger partial charge is 0.343 e. The van der Waals surface area contributed by atoms with Crippen LogP contribution >= 0.6 is 39.9 Å². The summed E-state index contributed by atoms with van der Waals surface area (Å²) in [6, 6.07) is 12.1. The number of carbonyl (C=O) groups is 2. The molecule has 29 heavy (non-hydrogen) atoms. The van der Waals surface area contributed by atoms with Crippen molar-refractivity contribution in [1.82, 2.24) is 4.90 Å². The van der Waals surface area contributed by atoms with Gasteiger partial charge in [-0.3, -0.25) is 9.69 Å². The fourth-order valence-electron chi connectivity index (χ4n) is 2.59. The molecule has 1 amide bonds. The lowest BCUT2D eigenvalue weighted by molar-refractivity contribution is -0.121. The van der Waals surface area contributed by atoms with Crippen LogP contribution in [0.15, 0.2) is 64.5 Å². The zero-order valence-electron chi connectivity index (χ0n) is 15.4. The number of halogens is 1. The van der Waals surface area contributed by atoms with E-state index in [2.05, 4.69) is 22.5 Å². The first-order valence-corrected chi connectivity index (χ1v) is 10.5. The van der Waals surface area contributed by atoms with Crippen molar-refractivity contribution in [3.63, 3.8) is 0 Å². The van der Waals surface area contributed by atoms with Crippen LogP contribution in [0.5, 0.6) is 11.5 Å². The van der Waals surface area contributed by atoms with E-state index >= 15 is 0 Å². The summed E-state index contributed by atoms with van der Waals surface area (Å²) in [5.74, 6) is -0.0496. The maximum Gasteiger partial charge on any atom is 0.343 e. The van der Waals surface area contributed by atoms with Crippen LogP contribution in [-0.4, -0.2) is 34.8 Å². The van der Waals surface area contributed by atoms with Crippen molar-refractivity contribution in [2.45, 2.75) is 0 Å². The van der Waals surface area contributed by atoms with Crippen molar-refractivity contribution >= 4 is 62.2 Å². The summed E-state index contributed by atoms with van der Waals surface area (Å²) >= 11 is 9.91. The van der Waals surface area contributed by atoms with E-state index in [0.717, 1.165) is 0 Å². The predicted molar refractivity (Wildman–Crippen MR) is 122 cm³/mol. The molecule has 0 aromatic heterocycles. The summed E-state index contributed by atoms with van der Waals surface area (Å²) in [6.07, 6.45) is 3.35. The number of thioether (sulfide) groups is 1. The maximum absolute atomic E-state index is 12.5. The second-order valence-electron chi connectivity index (χ2n) is 5.87. The highest BCUT2D eigenvalue weighted by molar-refractivity contribution is 9.10. The van der Waals surface area contributed by atoms with E-state index in [9.17, 15) is 9.59 Å². The minimum atomic E-state index is -0.498. The van der Waals surface area contributed by atoms with Gasteiger partial charge in [0.25, 0.3) is 5.91 Å². The topological polar surface area (TPSA) is 55.8 Å². The van der Waals surface area contributed by atoms with E-state index < -0.39 is 5.97 Å². The van der Waals surface area contributed by atoms with Crippen LogP contribution in [0.25, 0.3) is 6.08 Å². The van der Waals surface area contributed by atoms with E-state index in [-0.39, 0.29) is 11.7 Å². The molecule has 8 heteroatoms. The summed E-state index contributed by atoms with van der Waals surface area (Å²) < 4.78 is 11.9. The van der Waals surface area contributed by atoms with Gasteiger partial charge in [0.2, 0.25) is 0 Å². The molecule has 0 spiro atoms. The van der Waals surface area contributed by atoms with Gasteiger partial charge in [-0.2, -0.15) is 0 Å². The first-order valence-electron chi connectivity index (χ1n) is 8.45. The number of nitrogens with zero attached hydrogens (tertiary/aromatic N) is 1. The van der Waals surface area contributed by atoms with Gasteiger partial charge in [-0.05, 0) is 51.8 Å². The number of esters is 1. The lowest BCUT2D eigenvalue weighted by Crippen LogP contribution is -2.27. The van der Waals surface area contributed by atoms with E-state index in [1.807, 2.05) is 6.07 Å². The van der Waals surface area contributed by atoms with Crippen molar-refractivity contribution in [1.29, 1.82) is 0 Å². The second-order valence-corrected chi connectivity index (χ2v) is 8.40. The Balaban J connectivity index is 1.89. The normalized spacial score (nSPS) is 15.0. The van der Waals surface area contributed by atoms with Gasteiger partial charge in [-0.15, -0.1) is 6.58 Å². The van der Waals surface area contributed by atoms with E-state index in [1.165, 1.54) is 23.8 Å². The van der Waals surface area contributed by atoms with Crippen molar-refractivity contribution < 1.29 is 19.1 Å². The molecule has 1 aliphatic heterocycles. The lowest BCUT2D eigenvalue weighted by atomic mass is 10.1. The van der Waals surface area contributed by atoms with Crippen LogP contribution in [0.2, 0.25) is 0 Å². The van der Waals surface area contributed by atoms with Crippen LogP contribution in [0, 0.1) is 0 Å². The molecular formula is C21H16BrNO4S2. The zero-order valence-corrected chi connectivity index (χ0v) is 18.6. The molecule has 0 N–H and O–H groups in total. The Labute approximate surface area is 186 Å². The molecule has 5 nitrogen and oxygen atoms in total. The summed E-state index contributed by atoms with van der Waals surface area (Å²) in [7, 11) is 1.48. The van der Waals surface area contributed by atoms with Crippen LogP contribution in [-0.2, 0) is 4.79 Å². The molecule has 148 valence electrons. The van der Waals surface area contributed by atoms with Crippen molar-refractivity contribution in [2.24, 2.45) is 0 Å². The summed E-state index contributed by atoms with van der Waals surface area (Å²) in [5, 5.41) is 0. The Kier molecular flexibility index (Phi) is 6.89. The Morgan fingerprint density at radius 1 is 1.31 bits per heavy atom. The predicted octanol–water partition coefficient (Wildman–Crippen LogP) is 5.06. The van der Waals surface area contributed by atoms with Gasteiger partial charge in [0.05, 0.1) is 22.1 Å². The summed E-state index contributed by atoms with van der Waals surface area (Å²) in [5.41, 5.74) is 1.13. The van der Waals surface area contributed by atoms with Gasteiger partial charge in [-0.1, -0.05) is 48.3 Å². The number of thiocarbonyl (C=S) groups is 1. The number of rotatable bonds is 6. The highest BCUT2D eigenvalue weighted by Crippen LogP contribution is 2.39. The van der Waals surface area contributed by atoms with Gasteiger partial charge in [0.1, 0.15) is 4.32 Å². The minimum absolute atomic E-state index is 0.172. The Hall–Kier alpha value is -2.42. The largest absolute Gasteiger partial charge is 0.493 e. The third-order valence-electron chi connectivity index (χ3n) is 3.94. The van der Waals surface area contributed by atoms with Gasteiger partial charge in [-0.25, -0.2) is 4.79 Å². The average Bonchev–Trinajstić information content (AvgIpc) is 2.98. The molecule has 0 bridgehead atoms. The number of amides is 1. The van der Waals surface area contributed by atoms with E-state index in [1.54, 1.807) is 48.6 Å². The number of carbonyl (C=O) groups excluding carboxylic acids is 2. The van der Waals surface area contributed by atoms with Crippen LogP contribution in [0.3, 0.4) is 0 Å². The van der Waals surface area contributed by atoms with Crippen molar-refractivity contribution in [3.05, 3.63) is 75.6 Å². The molecule has 1 aliphatic rings.